The summed E-state index contributed by atoms with van der Waals surface area (Å²) in [5.74, 6) is 2.06. The second-order valence-corrected chi connectivity index (χ2v) is 1.55. The van der Waals surface area contributed by atoms with E-state index >= 15 is 0 Å². The molecule has 1 aromatic rings. The van der Waals surface area contributed by atoms with Gasteiger partial charge in [0.05, 0.1) is 0 Å². The largest absolute Gasteiger partial charge is 0.450 e. The first-order valence-electron chi connectivity index (χ1n) is 2.24. The van der Waals surface area contributed by atoms with Gasteiger partial charge in [-0.3, -0.25) is 0 Å². The van der Waals surface area contributed by atoms with E-state index in [9.17, 15) is 0 Å². The van der Waals surface area contributed by atoms with Gasteiger partial charge in [-0.2, -0.15) is 0 Å². The molecule has 42 valence electrons. The van der Waals surface area contributed by atoms with Crippen LogP contribution in [0, 0.1) is 0 Å². The van der Waals surface area contributed by atoms with Gasteiger partial charge in [0.1, 0.15) is 0 Å². The quantitative estimate of drug-likeness (QED) is 0.364. The highest BCUT2D eigenvalue weighted by Crippen LogP contribution is 2.43. The highest BCUT2D eigenvalue weighted by Gasteiger charge is 2.15. The van der Waals surface area contributed by atoms with Crippen LogP contribution >= 0.6 is 0 Å². The second-order valence-electron chi connectivity index (χ2n) is 1.55. The number of fused-ring (bicyclic) bond motifs is 1. The number of hydrogen-bond donors (Lipinski definition) is 0. The van der Waals surface area contributed by atoms with E-state index in [1.165, 1.54) is 0 Å². The minimum Gasteiger partial charge on any atom is -0.450 e. The molecule has 0 fully saturated rings. The maximum Gasteiger partial charge on any atom is 0.170 e. The fourth-order valence-corrected chi connectivity index (χ4v) is 0.611. The van der Waals surface area contributed by atoms with Crippen molar-refractivity contribution in [3.8, 4) is 11.5 Å². The van der Waals surface area contributed by atoms with E-state index in [1.807, 2.05) is 24.3 Å². The van der Waals surface area contributed by atoms with Crippen LogP contribution in [0.2, 0.25) is 0 Å². The topological polar surface area (TPSA) is 12.5 Å². The van der Waals surface area contributed by atoms with Gasteiger partial charge in [-0.25, -0.2) is 0 Å². The lowest BCUT2D eigenvalue weighted by atomic mass is 10.4. The third kappa shape index (κ3) is 0.628. The zero-order valence-corrected chi connectivity index (χ0v) is 3.72. The van der Waals surface area contributed by atoms with E-state index in [1.54, 1.807) is 0 Å². The molecule has 0 aromatic heterocycles. The monoisotopic (exact) mass is 124 g/mol. The van der Waals surface area contributed by atoms with Gasteiger partial charge in [-0.05, 0) is 23.1 Å². The average molecular weight is 124 g/mol. The number of ether oxygens (including phenoxy) is 1. The van der Waals surface area contributed by atoms with Gasteiger partial charge in [-0.1, -0.05) is 12.1 Å². The molecule has 0 spiro atoms. The molecular formula is C6H8OSi. The predicted molar refractivity (Wildman–Crippen MR) is 37.9 cm³/mol. The fourth-order valence-electron chi connectivity index (χ4n) is 0.611. The van der Waals surface area contributed by atoms with Crippen molar-refractivity contribution in [2.24, 2.45) is 0 Å². The zero-order chi connectivity index (χ0) is 4.69. The maximum absolute atomic E-state index is 4.94. The van der Waals surface area contributed by atoms with E-state index in [2.05, 4.69) is 0 Å². The maximum atomic E-state index is 4.94. The molecule has 0 radical (unpaired) electrons. The number of benzene rings is 1. The van der Waals surface area contributed by atoms with Crippen molar-refractivity contribution in [3.63, 3.8) is 0 Å². The van der Waals surface area contributed by atoms with Crippen molar-refractivity contribution in [1.29, 1.82) is 0 Å². The van der Waals surface area contributed by atoms with Gasteiger partial charge in [-0.15, -0.1) is 0 Å². The van der Waals surface area contributed by atoms with Crippen LogP contribution in [0.5, 0.6) is 11.5 Å². The molecule has 0 atom stereocenters. The SMILES string of the molecule is [SiH4].c1ccc2c(c1)O2. The van der Waals surface area contributed by atoms with Crippen molar-refractivity contribution >= 4 is 11.0 Å². The Bertz CT molecular complexity index is 176. The second kappa shape index (κ2) is 1.63. The van der Waals surface area contributed by atoms with Gasteiger partial charge >= 0.3 is 0 Å². The smallest absolute Gasteiger partial charge is 0.170 e. The average Bonchev–Trinajstić information content (AvgIpc) is 2.41. The standard InChI is InChI=1S/C6H4O.H4Si/c1-2-4-6-5(3-1)7-6;/h1-4H;1H4. The molecule has 0 unspecified atom stereocenters. The normalized spacial score (nSPS) is 10.5. The highest BCUT2D eigenvalue weighted by molar-refractivity contribution is 5.75. The Kier molecular flexibility index (Phi) is 1.10. The minimum absolute atomic E-state index is 0. The molecule has 8 heavy (non-hydrogen) atoms. The lowest BCUT2D eigenvalue weighted by molar-refractivity contribution is 0.650. The van der Waals surface area contributed by atoms with Gasteiger partial charge in [0.25, 0.3) is 0 Å². The molecule has 1 aromatic carbocycles. The Morgan fingerprint density at radius 2 is 1.50 bits per heavy atom. The summed E-state index contributed by atoms with van der Waals surface area (Å²) in [6.07, 6.45) is 0. The van der Waals surface area contributed by atoms with Crippen LogP contribution in [-0.2, 0) is 0 Å². The number of para-hydroxylation sites is 2. The first-order chi connectivity index (χ1) is 3.47. The van der Waals surface area contributed by atoms with Crippen LogP contribution in [-0.4, -0.2) is 11.0 Å². The molecule has 0 N–H and O–H groups in total. The highest BCUT2D eigenvalue weighted by atomic mass is 28.1. The van der Waals surface area contributed by atoms with E-state index in [-0.39, 0.29) is 11.0 Å². The predicted octanol–water partition coefficient (Wildman–Crippen LogP) is 0.341. The molecule has 1 aliphatic rings. The van der Waals surface area contributed by atoms with Crippen LogP contribution in [0.15, 0.2) is 24.3 Å². The molecule has 0 saturated heterocycles. The van der Waals surface area contributed by atoms with Crippen LogP contribution in [0.1, 0.15) is 0 Å². The van der Waals surface area contributed by atoms with Crippen molar-refractivity contribution < 1.29 is 4.74 Å². The summed E-state index contributed by atoms with van der Waals surface area (Å²) in [7, 11) is 0. The lowest BCUT2D eigenvalue weighted by Crippen LogP contribution is -1.37. The summed E-state index contributed by atoms with van der Waals surface area (Å²) in [6.45, 7) is 0. The number of hydrogen-bond acceptors (Lipinski definition) is 1. The minimum atomic E-state index is 0. The molecule has 1 aliphatic heterocycles. The summed E-state index contributed by atoms with van der Waals surface area (Å²) in [6, 6.07) is 7.84. The summed E-state index contributed by atoms with van der Waals surface area (Å²) in [4.78, 5) is 0. The Morgan fingerprint density at radius 3 is 1.88 bits per heavy atom. The van der Waals surface area contributed by atoms with E-state index in [0.29, 0.717) is 0 Å². The van der Waals surface area contributed by atoms with Crippen molar-refractivity contribution in [3.05, 3.63) is 24.3 Å². The van der Waals surface area contributed by atoms with Crippen LogP contribution in [0.4, 0.5) is 0 Å². The molecule has 0 saturated carbocycles. The molecule has 1 heterocycles. The first kappa shape index (κ1) is 5.38. The van der Waals surface area contributed by atoms with E-state index < -0.39 is 0 Å². The lowest BCUT2D eigenvalue weighted by Gasteiger charge is -1.61. The van der Waals surface area contributed by atoms with Gasteiger partial charge in [0.2, 0.25) is 0 Å². The van der Waals surface area contributed by atoms with E-state index in [0.717, 1.165) is 11.5 Å². The Balaban J connectivity index is 0.000000320. The fraction of sp³-hybridized carbons (Fsp3) is 0. The molecule has 2 rings (SSSR count). The molecule has 0 aliphatic carbocycles. The van der Waals surface area contributed by atoms with Crippen LogP contribution in [0.25, 0.3) is 0 Å². The van der Waals surface area contributed by atoms with Crippen molar-refractivity contribution in [2.75, 3.05) is 0 Å². The third-order valence-corrected chi connectivity index (χ3v) is 1.03. The van der Waals surface area contributed by atoms with Crippen molar-refractivity contribution in [2.45, 2.75) is 0 Å². The Labute approximate surface area is 52.3 Å². The molecule has 0 amide bonds. The molecular weight excluding hydrogens is 116 g/mol. The third-order valence-electron chi connectivity index (χ3n) is 1.03. The number of rotatable bonds is 0. The van der Waals surface area contributed by atoms with Crippen LogP contribution < -0.4 is 4.74 Å². The van der Waals surface area contributed by atoms with Gasteiger partial charge in [0, 0.05) is 0 Å². The summed E-state index contributed by atoms with van der Waals surface area (Å²) in [5, 5.41) is 0. The Hall–Kier alpha value is -0.763. The molecule has 2 heteroatoms. The van der Waals surface area contributed by atoms with Gasteiger partial charge in [0.15, 0.2) is 11.5 Å². The van der Waals surface area contributed by atoms with E-state index in [4.69, 9.17) is 4.74 Å². The van der Waals surface area contributed by atoms with Gasteiger partial charge < -0.3 is 4.74 Å². The summed E-state index contributed by atoms with van der Waals surface area (Å²) >= 11 is 0. The summed E-state index contributed by atoms with van der Waals surface area (Å²) in [5.41, 5.74) is 0. The molecule has 0 bridgehead atoms. The zero-order valence-electron chi connectivity index (χ0n) is 3.72. The van der Waals surface area contributed by atoms with Crippen LogP contribution in [0.3, 0.4) is 0 Å². The summed E-state index contributed by atoms with van der Waals surface area (Å²) < 4.78 is 4.94. The van der Waals surface area contributed by atoms with Crippen molar-refractivity contribution in [1.82, 2.24) is 0 Å². The Morgan fingerprint density at radius 1 is 1.00 bits per heavy atom. The first-order valence-corrected chi connectivity index (χ1v) is 2.24. The molecule has 1 nitrogen and oxygen atoms in total.